The van der Waals surface area contributed by atoms with Gasteiger partial charge in [0, 0.05) is 61.6 Å². The van der Waals surface area contributed by atoms with E-state index in [9.17, 15) is 53.1 Å². The van der Waals surface area contributed by atoms with Gasteiger partial charge in [-0.3, -0.25) is 47.9 Å². The van der Waals surface area contributed by atoms with Crippen LogP contribution >= 0.6 is 11.8 Å². The molecule has 0 aliphatic rings. The zero-order chi connectivity index (χ0) is 52.6. The Morgan fingerprint density at radius 3 is 1.75 bits per heavy atom. The number of primary amides is 2. The number of H-pyrrole nitrogens is 2. The molecule has 7 atom stereocenters. The minimum absolute atomic E-state index is 0.0107. The molecule has 24 nitrogen and oxygen atoms in total. The molecule has 2 heterocycles. The number of fused-ring (bicyclic) bond motifs is 1. The van der Waals surface area contributed by atoms with Gasteiger partial charge >= 0.3 is 5.97 Å². The van der Waals surface area contributed by atoms with Crippen LogP contribution in [-0.2, 0) is 60.8 Å². The molecule has 9 amide bonds. The maximum absolute atomic E-state index is 14.3. The predicted octanol–water partition coefficient (Wildman–Crippen LogP) is -1.37. The van der Waals surface area contributed by atoms with E-state index in [2.05, 4.69) is 52.2 Å². The fourth-order valence-electron chi connectivity index (χ4n) is 7.51. The third kappa shape index (κ3) is 20.5. The molecule has 3 aromatic rings. The number of carboxylic acid groups (broad SMARTS) is 1. The van der Waals surface area contributed by atoms with E-state index in [-0.39, 0.29) is 63.8 Å². The third-order valence-electron chi connectivity index (χ3n) is 11.2. The van der Waals surface area contributed by atoms with Crippen LogP contribution < -0.4 is 54.4 Å². The summed E-state index contributed by atoms with van der Waals surface area (Å²) in [6.07, 6.45) is 5.62. The summed E-state index contributed by atoms with van der Waals surface area (Å²) >= 11 is 1.44. The predicted molar refractivity (Wildman–Crippen MR) is 263 cm³/mol. The summed E-state index contributed by atoms with van der Waals surface area (Å²) in [5, 5.41) is 28.3. The first-order chi connectivity index (χ1) is 33.7. The molecule has 16 N–H and O–H groups in total. The first-order valence-electron chi connectivity index (χ1n) is 23.3. The standard InChI is InChI=1S/C46H69N13O11S/c1-25(2)19-35(57-46(70)37(21-28-23-50-24-52-28)59-42(66)33(53-26(3)60)13-15-39(62)63)44(68)55-32(11-7-8-17-47)41(65)56-34(12-14-38(48)61)43(67)58-36(45(69)54-31(40(49)64)16-18-71-4)20-27-22-51-30-10-6-5-9-29(27)30/h5-6,9-10,22-25,31-37,51H,7-8,11-21,47H2,1-4H3,(H2,48,61)(H2,49,64)(H,50,52)(H,53,60)(H,54,69)(H,55,68)(H,56,65)(H,57,70)(H,58,67)(H,59,66)(H,62,63)/t31-,32-,33-,34-,35-,36-,37-/m0/s1. The van der Waals surface area contributed by atoms with Crippen LogP contribution in [0.2, 0.25) is 0 Å². The summed E-state index contributed by atoms with van der Waals surface area (Å²) in [5.74, 6) is -8.10. The molecule has 2 aromatic heterocycles. The number of amides is 9. The summed E-state index contributed by atoms with van der Waals surface area (Å²) < 4.78 is 0. The summed E-state index contributed by atoms with van der Waals surface area (Å²) in [6.45, 7) is 4.96. The van der Waals surface area contributed by atoms with Crippen LogP contribution in [0.25, 0.3) is 10.9 Å². The number of imidazole rings is 1. The fraction of sp³-hybridized carbons (Fsp3) is 0.543. The smallest absolute Gasteiger partial charge is 0.303 e. The van der Waals surface area contributed by atoms with Crippen LogP contribution in [-0.4, -0.2) is 140 Å². The fourth-order valence-corrected chi connectivity index (χ4v) is 7.98. The monoisotopic (exact) mass is 1010 g/mol. The second-order valence-corrected chi connectivity index (χ2v) is 18.5. The molecule has 71 heavy (non-hydrogen) atoms. The molecule has 0 saturated carbocycles. The van der Waals surface area contributed by atoms with Gasteiger partial charge in [0.25, 0.3) is 0 Å². The molecular weight excluding hydrogens is 943 g/mol. The number of carbonyl (C=O) groups excluding carboxylic acids is 9. The van der Waals surface area contributed by atoms with Gasteiger partial charge in [-0.2, -0.15) is 11.8 Å². The second kappa shape index (κ2) is 29.9. The van der Waals surface area contributed by atoms with Crippen molar-refractivity contribution in [2.24, 2.45) is 23.1 Å². The van der Waals surface area contributed by atoms with Crippen molar-refractivity contribution in [1.82, 2.24) is 52.2 Å². The number of thioether (sulfide) groups is 1. The van der Waals surface area contributed by atoms with Crippen LogP contribution in [0.1, 0.15) is 89.8 Å². The Morgan fingerprint density at radius 2 is 1.20 bits per heavy atom. The zero-order valence-electron chi connectivity index (χ0n) is 40.5. The first kappa shape index (κ1) is 58.3. The van der Waals surface area contributed by atoms with E-state index in [1.54, 1.807) is 26.1 Å². The van der Waals surface area contributed by atoms with E-state index in [1.165, 1.54) is 24.3 Å². The quantitative estimate of drug-likeness (QED) is 0.0314. The molecule has 25 heteroatoms. The highest BCUT2D eigenvalue weighted by atomic mass is 32.2. The van der Waals surface area contributed by atoms with Crippen molar-refractivity contribution in [3.05, 3.63) is 54.2 Å². The van der Waals surface area contributed by atoms with Crippen molar-refractivity contribution in [3.63, 3.8) is 0 Å². The largest absolute Gasteiger partial charge is 0.481 e. The SMILES string of the molecule is CSCC[C@H](NC(=O)[C@H](Cc1c[nH]c2ccccc12)NC(=O)[C@H](CCC(N)=O)NC(=O)[C@H](CCCCN)NC(=O)[C@H](CC(C)C)NC(=O)[C@H](Cc1cnc[nH]1)NC(=O)[C@H](CCC(=O)O)NC(C)=O)C(N)=O. The number of aromatic amines is 2. The lowest BCUT2D eigenvalue weighted by Crippen LogP contribution is -2.60. The molecule has 0 fully saturated rings. The molecule has 0 spiro atoms. The lowest BCUT2D eigenvalue weighted by Gasteiger charge is -2.28. The van der Waals surface area contributed by atoms with Crippen molar-refractivity contribution >= 4 is 81.8 Å². The van der Waals surface area contributed by atoms with Gasteiger partial charge in [0.15, 0.2) is 0 Å². The minimum atomic E-state index is -1.49. The Hall–Kier alpha value is -7.02. The summed E-state index contributed by atoms with van der Waals surface area (Å²) in [5.41, 5.74) is 18.7. The van der Waals surface area contributed by atoms with Gasteiger partial charge in [-0.05, 0) is 81.0 Å². The number of carbonyl (C=O) groups is 10. The maximum Gasteiger partial charge on any atom is 0.303 e. The summed E-state index contributed by atoms with van der Waals surface area (Å²) in [4.78, 5) is 142. The zero-order valence-corrected chi connectivity index (χ0v) is 41.3. The number of benzene rings is 1. The number of para-hydroxylation sites is 1. The Kier molecular flexibility index (Phi) is 24.5. The number of hydrogen-bond donors (Lipinski definition) is 13. The molecule has 0 aliphatic heterocycles. The van der Waals surface area contributed by atoms with E-state index in [1.807, 2.05) is 24.5 Å². The Bertz CT molecular complexity index is 2290. The highest BCUT2D eigenvalue weighted by molar-refractivity contribution is 7.98. The average molecular weight is 1010 g/mol. The lowest BCUT2D eigenvalue weighted by molar-refractivity contribution is -0.138. The van der Waals surface area contributed by atoms with E-state index in [4.69, 9.17) is 17.2 Å². The number of unbranched alkanes of at least 4 members (excludes halogenated alkanes) is 1. The van der Waals surface area contributed by atoms with Gasteiger partial charge < -0.3 is 69.5 Å². The molecule has 1 aromatic carbocycles. The van der Waals surface area contributed by atoms with E-state index < -0.39 is 108 Å². The third-order valence-corrected chi connectivity index (χ3v) is 11.8. The maximum atomic E-state index is 14.3. The van der Waals surface area contributed by atoms with Gasteiger partial charge in [-0.25, -0.2) is 4.98 Å². The molecule has 0 aliphatic carbocycles. The van der Waals surface area contributed by atoms with Crippen LogP contribution in [0, 0.1) is 5.92 Å². The van der Waals surface area contributed by atoms with Crippen LogP contribution in [0.15, 0.2) is 43.0 Å². The summed E-state index contributed by atoms with van der Waals surface area (Å²) in [6, 6.07) is -1.94. The second-order valence-electron chi connectivity index (χ2n) is 17.5. The van der Waals surface area contributed by atoms with Gasteiger partial charge in [0.1, 0.15) is 42.3 Å². The van der Waals surface area contributed by atoms with Gasteiger partial charge in [-0.1, -0.05) is 32.0 Å². The minimum Gasteiger partial charge on any atom is -0.481 e. The van der Waals surface area contributed by atoms with Gasteiger partial charge in [0.2, 0.25) is 53.2 Å². The highest BCUT2D eigenvalue weighted by Crippen LogP contribution is 2.20. The van der Waals surface area contributed by atoms with Crippen LogP contribution in [0.4, 0.5) is 0 Å². The highest BCUT2D eigenvalue weighted by Gasteiger charge is 2.35. The van der Waals surface area contributed by atoms with E-state index >= 15 is 0 Å². The van der Waals surface area contributed by atoms with Crippen molar-refractivity contribution in [2.75, 3.05) is 18.6 Å². The molecule has 0 bridgehead atoms. The number of rotatable bonds is 33. The first-order valence-corrected chi connectivity index (χ1v) is 24.7. The number of hydrogen-bond acceptors (Lipinski definition) is 13. The number of nitrogens with two attached hydrogens (primary N) is 3. The van der Waals surface area contributed by atoms with E-state index in [0.29, 0.717) is 29.9 Å². The number of aromatic nitrogens is 3. The van der Waals surface area contributed by atoms with E-state index in [0.717, 1.165) is 17.8 Å². The number of aliphatic carboxylic acids is 1. The molecular formula is C46H69N13O11S. The normalized spacial score (nSPS) is 14.1. The Labute approximate surface area is 415 Å². The van der Waals surface area contributed by atoms with Crippen molar-refractivity contribution < 1.29 is 53.1 Å². The van der Waals surface area contributed by atoms with Crippen LogP contribution in [0.5, 0.6) is 0 Å². The van der Waals surface area contributed by atoms with Crippen molar-refractivity contribution in [2.45, 2.75) is 134 Å². The number of carboxylic acids is 1. The number of nitrogens with one attached hydrogen (secondary N) is 9. The molecule has 0 unspecified atom stereocenters. The number of nitrogens with zero attached hydrogens (tertiary/aromatic N) is 1. The Morgan fingerprint density at radius 1 is 0.662 bits per heavy atom. The summed E-state index contributed by atoms with van der Waals surface area (Å²) in [7, 11) is 0. The van der Waals surface area contributed by atoms with Crippen molar-refractivity contribution in [1.29, 1.82) is 0 Å². The van der Waals surface area contributed by atoms with Crippen molar-refractivity contribution in [3.8, 4) is 0 Å². The average Bonchev–Trinajstić information content (AvgIpc) is 3.98. The molecule has 3 rings (SSSR count). The van der Waals surface area contributed by atoms with Crippen LogP contribution in [0.3, 0.4) is 0 Å². The van der Waals surface area contributed by atoms with Gasteiger partial charge in [0.05, 0.1) is 6.33 Å². The topological polar surface area (TPSA) is 398 Å². The lowest BCUT2D eigenvalue weighted by atomic mass is 10.00. The molecule has 390 valence electrons. The Balaban J connectivity index is 1.93. The molecule has 0 radical (unpaired) electrons. The molecule has 0 saturated heterocycles. The van der Waals surface area contributed by atoms with Gasteiger partial charge in [-0.15, -0.1) is 0 Å².